The number of para-hydroxylation sites is 2. The maximum atomic E-state index is 12.5. The van der Waals surface area contributed by atoms with Crippen molar-refractivity contribution in [3.63, 3.8) is 0 Å². The molecule has 8 nitrogen and oxygen atoms in total. The van der Waals surface area contributed by atoms with Crippen LogP contribution in [0.1, 0.15) is 41.6 Å². The van der Waals surface area contributed by atoms with Gasteiger partial charge in [-0.1, -0.05) is 12.1 Å². The van der Waals surface area contributed by atoms with E-state index in [0.717, 1.165) is 17.0 Å². The molecule has 2 aromatic heterocycles. The Labute approximate surface area is 175 Å². The van der Waals surface area contributed by atoms with Gasteiger partial charge in [-0.3, -0.25) is 14.6 Å². The van der Waals surface area contributed by atoms with Crippen molar-refractivity contribution in [1.29, 1.82) is 0 Å². The second-order valence-electron chi connectivity index (χ2n) is 7.14. The fourth-order valence-corrected chi connectivity index (χ4v) is 3.28. The van der Waals surface area contributed by atoms with Crippen LogP contribution in [0, 0.1) is 27.7 Å². The van der Waals surface area contributed by atoms with Crippen molar-refractivity contribution in [1.82, 2.24) is 19.7 Å². The van der Waals surface area contributed by atoms with Crippen LogP contribution in [0.5, 0.6) is 5.75 Å². The van der Waals surface area contributed by atoms with E-state index < -0.39 is 0 Å². The molecule has 30 heavy (non-hydrogen) atoms. The summed E-state index contributed by atoms with van der Waals surface area (Å²) in [5, 5.41) is 7.44. The van der Waals surface area contributed by atoms with E-state index in [4.69, 9.17) is 4.74 Å². The normalized spacial score (nSPS) is 10.8. The monoisotopic (exact) mass is 409 g/mol. The van der Waals surface area contributed by atoms with E-state index >= 15 is 0 Å². The Bertz CT molecular complexity index is 1130. The van der Waals surface area contributed by atoms with E-state index in [2.05, 4.69) is 20.4 Å². The quantitative estimate of drug-likeness (QED) is 0.624. The van der Waals surface area contributed by atoms with Crippen molar-refractivity contribution in [2.24, 2.45) is 0 Å². The summed E-state index contributed by atoms with van der Waals surface area (Å²) in [4.78, 5) is 31.8. The second kappa shape index (κ2) is 8.94. The molecule has 0 saturated carbocycles. The molecule has 0 aliphatic carbocycles. The SMILES string of the molecule is CCOc1ccccc1NC(=O)CCc1c(C)nn(-c2nc(C)c(C)c(=O)[nH]2)c1C. The molecule has 0 spiro atoms. The summed E-state index contributed by atoms with van der Waals surface area (Å²) in [7, 11) is 0. The zero-order chi connectivity index (χ0) is 21.8. The first-order valence-corrected chi connectivity index (χ1v) is 9.96. The first-order chi connectivity index (χ1) is 14.3. The molecule has 2 heterocycles. The lowest BCUT2D eigenvalue weighted by Gasteiger charge is -2.11. The molecule has 0 fully saturated rings. The van der Waals surface area contributed by atoms with Crippen LogP contribution >= 0.6 is 0 Å². The molecule has 1 amide bonds. The third kappa shape index (κ3) is 4.42. The van der Waals surface area contributed by atoms with Crippen LogP contribution in [0.3, 0.4) is 0 Å². The molecular weight excluding hydrogens is 382 g/mol. The maximum Gasteiger partial charge on any atom is 0.255 e. The van der Waals surface area contributed by atoms with Crippen molar-refractivity contribution in [2.75, 3.05) is 11.9 Å². The van der Waals surface area contributed by atoms with E-state index in [1.54, 1.807) is 18.5 Å². The molecule has 0 aliphatic heterocycles. The minimum Gasteiger partial charge on any atom is -0.492 e. The third-order valence-electron chi connectivity index (χ3n) is 5.09. The van der Waals surface area contributed by atoms with E-state index in [-0.39, 0.29) is 11.5 Å². The number of ether oxygens (including phenoxy) is 1. The molecule has 3 aromatic rings. The largest absolute Gasteiger partial charge is 0.492 e. The Morgan fingerprint density at radius 1 is 1.17 bits per heavy atom. The standard InChI is InChI=1S/C22H27N5O3/c1-6-30-19-10-8-7-9-18(19)24-20(28)12-11-17-15(4)26-27(16(17)5)22-23-14(3)13(2)21(29)25-22/h7-10H,6,11-12H2,1-5H3,(H,24,28)(H,23,25,29). The summed E-state index contributed by atoms with van der Waals surface area (Å²) >= 11 is 0. The van der Waals surface area contributed by atoms with Crippen LogP contribution in [0.25, 0.3) is 5.95 Å². The van der Waals surface area contributed by atoms with Gasteiger partial charge in [0.15, 0.2) is 0 Å². The van der Waals surface area contributed by atoms with Gasteiger partial charge in [0.25, 0.3) is 5.56 Å². The fourth-order valence-electron chi connectivity index (χ4n) is 3.28. The highest BCUT2D eigenvalue weighted by Crippen LogP contribution is 2.24. The van der Waals surface area contributed by atoms with Crippen molar-refractivity contribution >= 4 is 11.6 Å². The van der Waals surface area contributed by atoms with E-state index in [0.29, 0.717) is 48.1 Å². The summed E-state index contributed by atoms with van der Waals surface area (Å²) < 4.78 is 7.18. The molecule has 0 radical (unpaired) electrons. The zero-order valence-electron chi connectivity index (χ0n) is 18.0. The van der Waals surface area contributed by atoms with Gasteiger partial charge in [-0.05, 0) is 58.7 Å². The Morgan fingerprint density at radius 2 is 1.90 bits per heavy atom. The van der Waals surface area contributed by atoms with E-state index in [1.807, 2.05) is 45.0 Å². The Balaban J connectivity index is 1.76. The van der Waals surface area contributed by atoms with Gasteiger partial charge in [-0.25, -0.2) is 9.67 Å². The number of amides is 1. The van der Waals surface area contributed by atoms with Crippen LogP contribution in [-0.4, -0.2) is 32.3 Å². The average molecular weight is 409 g/mol. The molecule has 158 valence electrons. The molecule has 0 bridgehead atoms. The number of aromatic nitrogens is 4. The van der Waals surface area contributed by atoms with Crippen LogP contribution in [0.4, 0.5) is 5.69 Å². The topological polar surface area (TPSA) is 102 Å². The van der Waals surface area contributed by atoms with Crippen molar-refractivity contribution in [3.8, 4) is 11.7 Å². The van der Waals surface area contributed by atoms with E-state index in [9.17, 15) is 9.59 Å². The Morgan fingerprint density at radius 3 is 2.60 bits per heavy atom. The molecule has 8 heteroatoms. The zero-order valence-corrected chi connectivity index (χ0v) is 18.0. The number of nitrogens with one attached hydrogen (secondary N) is 2. The first kappa shape index (κ1) is 21.3. The molecule has 0 unspecified atom stereocenters. The van der Waals surface area contributed by atoms with Crippen molar-refractivity contribution < 1.29 is 9.53 Å². The Kier molecular flexibility index (Phi) is 6.34. The third-order valence-corrected chi connectivity index (χ3v) is 5.09. The van der Waals surface area contributed by atoms with Gasteiger partial charge in [-0.15, -0.1) is 0 Å². The number of nitrogens with zero attached hydrogens (tertiary/aromatic N) is 3. The highest BCUT2D eigenvalue weighted by molar-refractivity contribution is 5.92. The summed E-state index contributed by atoms with van der Waals surface area (Å²) in [5.74, 6) is 0.926. The molecule has 1 aromatic carbocycles. The lowest BCUT2D eigenvalue weighted by molar-refractivity contribution is -0.116. The van der Waals surface area contributed by atoms with Gasteiger partial charge in [-0.2, -0.15) is 5.10 Å². The molecular formula is C22H27N5O3. The van der Waals surface area contributed by atoms with Crippen LogP contribution < -0.4 is 15.6 Å². The molecule has 0 aliphatic rings. The number of carbonyl (C=O) groups is 1. The minimum absolute atomic E-state index is 0.105. The number of H-pyrrole nitrogens is 1. The lowest BCUT2D eigenvalue weighted by atomic mass is 10.1. The number of carbonyl (C=O) groups excluding carboxylic acids is 1. The molecule has 2 N–H and O–H groups in total. The summed E-state index contributed by atoms with van der Waals surface area (Å²) in [6.45, 7) is 9.76. The minimum atomic E-state index is -0.182. The lowest BCUT2D eigenvalue weighted by Crippen LogP contribution is -2.18. The molecule has 0 atom stereocenters. The van der Waals surface area contributed by atoms with E-state index in [1.165, 1.54) is 0 Å². The number of aryl methyl sites for hydroxylation is 2. The van der Waals surface area contributed by atoms with Gasteiger partial charge in [0.1, 0.15) is 5.75 Å². The van der Waals surface area contributed by atoms with Gasteiger partial charge in [0.2, 0.25) is 11.9 Å². The first-order valence-electron chi connectivity index (χ1n) is 9.96. The van der Waals surface area contributed by atoms with Gasteiger partial charge in [0.05, 0.1) is 18.0 Å². The Hall–Kier alpha value is -3.42. The molecule has 0 saturated heterocycles. The smallest absolute Gasteiger partial charge is 0.255 e. The number of benzene rings is 1. The highest BCUT2D eigenvalue weighted by Gasteiger charge is 2.17. The molecule has 3 rings (SSSR count). The van der Waals surface area contributed by atoms with Crippen molar-refractivity contribution in [2.45, 2.75) is 47.5 Å². The van der Waals surface area contributed by atoms with Crippen LogP contribution in [0.15, 0.2) is 29.1 Å². The predicted molar refractivity (Wildman–Crippen MR) is 115 cm³/mol. The number of hydrogen-bond acceptors (Lipinski definition) is 5. The number of anilines is 1. The number of rotatable bonds is 7. The van der Waals surface area contributed by atoms with Crippen molar-refractivity contribution in [3.05, 3.63) is 62.8 Å². The summed E-state index contributed by atoms with van der Waals surface area (Å²) in [5.41, 5.74) is 4.34. The number of aromatic amines is 1. The second-order valence-corrected chi connectivity index (χ2v) is 7.14. The number of hydrogen-bond donors (Lipinski definition) is 2. The summed E-state index contributed by atoms with van der Waals surface area (Å²) in [6, 6.07) is 7.37. The van der Waals surface area contributed by atoms with Gasteiger partial charge >= 0.3 is 0 Å². The average Bonchev–Trinajstić information content (AvgIpc) is 2.99. The summed E-state index contributed by atoms with van der Waals surface area (Å²) in [6.07, 6.45) is 0.820. The van der Waals surface area contributed by atoms with Gasteiger partial charge in [0, 0.05) is 23.4 Å². The van der Waals surface area contributed by atoms with Gasteiger partial charge < -0.3 is 10.1 Å². The fraction of sp³-hybridized carbons (Fsp3) is 0.364. The van der Waals surface area contributed by atoms with Crippen LogP contribution in [0.2, 0.25) is 0 Å². The highest BCUT2D eigenvalue weighted by atomic mass is 16.5. The van der Waals surface area contributed by atoms with Crippen LogP contribution in [-0.2, 0) is 11.2 Å². The maximum absolute atomic E-state index is 12.5. The predicted octanol–water partition coefficient (Wildman–Crippen LogP) is 3.16.